The molecule has 2 amide bonds. The molecule has 0 radical (unpaired) electrons. The highest BCUT2D eigenvalue weighted by atomic mass is 16.4. The van der Waals surface area contributed by atoms with E-state index in [0.29, 0.717) is 22.9 Å². The first-order valence-corrected chi connectivity index (χ1v) is 9.62. The van der Waals surface area contributed by atoms with Crippen LogP contribution in [0.5, 0.6) is 0 Å². The minimum Gasteiger partial charge on any atom is -0.480 e. The molecule has 3 rings (SSSR count). The van der Waals surface area contributed by atoms with Gasteiger partial charge in [0, 0.05) is 22.9 Å². The minimum atomic E-state index is -1.11. The van der Waals surface area contributed by atoms with E-state index in [9.17, 15) is 14.4 Å². The van der Waals surface area contributed by atoms with E-state index < -0.39 is 17.9 Å². The van der Waals surface area contributed by atoms with Crippen LogP contribution in [0.2, 0.25) is 0 Å². The number of carboxylic acid groups (broad SMARTS) is 1. The van der Waals surface area contributed by atoms with Crippen molar-refractivity contribution in [2.45, 2.75) is 58.0 Å². The van der Waals surface area contributed by atoms with Gasteiger partial charge in [-0.3, -0.25) is 19.1 Å². The molecule has 0 bridgehead atoms. The van der Waals surface area contributed by atoms with Gasteiger partial charge < -0.3 is 15.7 Å². The quantitative estimate of drug-likeness (QED) is 0.692. The van der Waals surface area contributed by atoms with Crippen LogP contribution in [-0.4, -0.2) is 38.7 Å². The van der Waals surface area contributed by atoms with Gasteiger partial charge in [0.1, 0.15) is 6.04 Å². The van der Waals surface area contributed by atoms with Crippen LogP contribution in [0.25, 0.3) is 0 Å². The lowest BCUT2D eigenvalue weighted by atomic mass is 10.1. The Labute approximate surface area is 169 Å². The van der Waals surface area contributed by atoms with Crippen molar-refractivity contribution in [3.63, 3.8) is 0 Å². The highest BCUT2D eigenvalue weighted by Crippen LogP contribution is 2.41. The third-order valence-electron chi connectivity index (χ3n) is 4.72. The minimum absolute atomic E-state index is 0.210. The highest BCUT2D eigenvalue weighted by Gasteiger charge is 2.32. The summed E-state index contributed by atoms with van der Waals surface area (Å²) in [5.41, 5.74) is 2.07. The van der Waals surface area contributed by atoms with Gasteiger partial charge in [-0.15, -0.1) is 0 Å². The highest BCUT2D eigenvalue weighted by molar-refractivity contribution is 6.03. The number of hydrogen-bond donors (Lipinski definition) is 3. The second-order valence-corrected chi connectivity index (χ2v) is 8.38. The second-order valence-electron chi connectivity index (χ2n) is 8.38. The maximum Gasteiger partial charge on any atom is 0.325 e. The van der Waals surface area contributed by atoms with Crippen LogP contribution in [0.3, 0.4) is 0 Å². The monoisotopic (exact) mass is 398 g/mol. The van der Waals surface area contributed by atoms with Crippen LogP contribution in [0.4, 0.5) is 5.69 Å². The topological polar surface area (TPSA) is 113 Å². The van der Waals surface area contributed by atoms with E-state index in [1.807, 2.05) is 10.7 Å². The summed E-state index contributed by atoms with van der Waals surface area (Å²) in [6.07, 6.45) is 2.24. The Morgan fingerprint density at radius 3 is 2.28 bits per heavy atom. The van der Waals surface area contributed by atoms with Crippen LogP contribution in [0.1, 0.15) is 73.0 Å². The first-order valence-electron chi connectivity index (χ1n) is 9.62. The lowest BCUT2D eigenvalue weighted by molar-refractivity contribution is -0.138. The van der Waals surface area contributed by atoms with Crippen molar-refractivity contribution in [1.29, 1.82) is 0 Å². The number of rotatable bonds is 6. The summed E-state index contributed by atoms with van der Waals surface area (Å²) in [6, 6.07) is 7.13. The maximum absolute atomic E-state index is 12.7. The average molecular weight is 398 g/mol. The first kappa shape index (κ1) is 20.6. The zero-order valence-electron chi connectivity index (χ0n) is 17.0. The van der Waals surface area contributed by atoms with E-state index in [-0.39, 0.29) is 11.4 Å². The molecule has 1 aromatic heterocycles. The molecule has 29 heavy (non-hydrogen) atoms. The maximum atomic E-state index is 12.7. The fourth-order valence-electron chi connectivity index (χ4n) is 2.96. The van der Waals surface area contributed by atoms with Crippen LogP contribution < -0.4 is 10.6 Å². The number of aromatic nitrogens is 2. The van der Waals surface area contributed by atoms with E-state index in [1.54, 1.807) is 12.1 Å². The number of aliphatic carboxylic acids is 1. The molecule has 8 nitrogen and oxygen atoms in total. The van der Waals surface area contributed by atoms with Gasteiger partial charge in [-0.05, 0) is 70.9 Å². The first-order chi connectivity index (χ1) is 13.6. The molecule has 1 heterocycles. The van der Waals surface area contributed by atoms with Crippen molar-refractivity contribution >= 4 is 23.5 Å². The fraction of sp³-hybridized carbons (Fsp3) is 0.429. The van der Waals surface area contributed by atoms with Crippen LogP contribution in [-0.2, 0) is 10.3 Å². The van der Waals surface area contributed by atoms with E-state index in [1.165, 1.54) is 19.1 Å². The van der Waals surface area contributed by atoms with Crippen molar-refractivity contribution in [2.75, 3.05) is 5.32 Å². The van der Waals surface area contributed by atoms with E-state index in [4.69, 9.17) is 5.11 Å². The molecule has 0 saturated heterocycles. The number of nitrogens with one attached hydrogen (secondary N) is 2. The van der Waals surface area contributed by atoms with Crippen LogP contribution in [0.15, 0.2) is 30.3 Å². The van der Waals surface area contributed by atoms with Gasteiger partial charge >= 0.3 is 5.97 Å². The number of carboxylic acids is 1. The Bertz CT molecular complexity index is 937. The number of carbonyl (C=O) groups is 3. The molecule has 3 N–H and O–H groups in total. The van der Waals surface area contributed by atoms with Crippen molar-refractivity contribution in [3.05, 3.63) is 47.3 Å². The van der Waals surface area contributed by atoms with Gasteiger partial charge in [-0.25, -0.2) is 0 Å². The zero-order valence-corrected chi connectivity index (χ0v) is 17.0. The summed E-state index contributed by atoms with van der Waals surface area (Å²) in [4.78, 5) is 35.5. The third kappa shape index (κ3) is 4.82. The Kier molecular flexibility index (Phi) is 5.46. The molecular formula is C21H26N4O4. The number of carbonyl (C=O) groups excluding carboxylic acids is 2. The van der Waals surface area contributed by atoms with Gasteiger partial charge in [0.2, 0.25) is 0 Å². The molecule has 1 aliphatic carbocycles. The molecule has 1 aliphatic rings. The largest absolute Gasteiger partial charge is 0.480 e. The standard InChI is InChI=1S/C21H26N4O4/c1-12(20(28)29)22-18(26)14-7-9-15(10-8-14)23-19(27)16-11-17(13-5-6-13)25(24-16)21(2,3)4/h7-13H,5-6H2,1-4H3,(H,22,26)(H,23,27)(H,28,29). The molecule has 2 aromatic rings. The van der Waals surface area contributed by atoms with Crippen LogP contribution >= 0.6 is 0 Å². The summed E-state index contributed by atoms with van der Waals surface area (Å²) in [5.74, 6) is -1.45. The normalized spacial score (nSPS) is 14.9. The molecule has 1 aromatic carbocycles. The van der Waals surface area contributed by atoms with Gasteiger partial charge in [-0.1, -0.05) is 0 Å². The number of benzene rings is 1. The van der Waals surface area contributed by atoms with Crippen molar-refractivity contribution in [2.24, 2.45) is 0 Å². The summed E-state index contributed by atoms with van der Waals surface area (Å²) >= 11 is 0. The van der Waals surface area contributed by atoms with Gasteiger partial charge in [0.25, 0.3) is 11.8 Å². The molecule has 154 valence electrons. The predicted octanol–water partition coefficient (Wildman–Crippen LogP) is 2.97. The molecule has 1 unspecified atom stereocenters. The van der Waals surface area contributed by atoms with Crippen molar-refractivity contribution in [1.82, 2.24) is 15.1 Å². The Balaban J connectivity index is 1.70. The fourth-order valence-corrected chi connectivity index (χ4v) is 2.96. The molecular weight excluding hydrogens is 372 g/mol. The Morgan fingerprint density at radius 2 is 1.76 bits per heavy atom. The number of amides is 2. The number of anilines is 1. The van der Waals surface area contributed by atoms with Gasteiger partial charge in [0.05, 0.1) is 5.54 Å². The molecule has 0 spiro atoms. The molecule has 1 atom stereocenters. The lowest BCUT2D eigenvalue weighted by Crippen LogP contribution is -2.38. The van der Waals surface area contributed by atoms with Gasteiger partial charge in [-0.2, -0.15) is 5.10 Å². The predicted molar refractivity (Wildman–Crippen MR) is 108 cm³/mol. The third-order valence-corrected chi connectivity index (χ3v) is 4.72. The second kappa shape index (κ2) is 7.69. The van der Waals surface area contributed by atoms with Crippen molar-refractivity contribution < 1.29 is 19.5 Å². The smallest absolute Gasteiger partial charge is 0.325 e. The molecule has 1 saturated carbocycles. The molecule has 0 aliphatic heterocycles. The Hall–Kier alpha value is -3.16. The SMILES string of the molecule is CC(NC(=O)c1ccc(NC(=O)c2cc(C3CC3)n(C(C)(C)C)n2)cc1)C(=O)O. The lowest BCUT2D eigenvalue weighted by Gasteiger charge is -2.22. The van der Waals surface area contributed by atoms with E-state index >= 15 is 0 Å². The van der Waals surface area contributed by atoms with Crippen molar-refractivity contribution in [3.8, 4) is 0 Å². The van der Waals surface area contributed by atoms with E-state index in [2.05, 4.69) is 36.5 Å². The summed E-state index contributed by atoms with van der Waals surface area (Å²) in [6.45, 7) is 7.56. The van der Waals surface area contributed by atoms with Crippen LogP contribution in [0, 0.1) is 0 Å². The van der Waals surface area contributed by atoms with Gasteiger partial charge in [0.15, 0.2) is 5.69 Å². The number of hydrogen-bond acceptors (Lipinski definition) is 4. The summed E-state index contributed by atoms with van der Waals surface area (Å²) in [5, 5.41) is 18.6. The summed E-state index contributed by atoms with van der Waals surface area (Å²) in [7, 11) is 0. The molecule has 8 heteroatoms. The van der Waals surface area contributed by atoms with E-state index in [0.717, 1.165) is 18.5 Å². The molecule has 1 fully saturated rings. The average Bonchev–Trinajstić information content (AvgIpc) is 3.38. The Morgan fingerprint density at radius 1 is 1.14 bits per heavy atom. The summed E-state index contributed by atoms with van der Waals surface area (Å²) < 4.78 is 1.93. The number of nitrogens with zero attached hydrogens (tertiary/aromatic N) is 2. The zero-order chi connectivity index (χ0) is 21.3.